The molecule has 0 spiro atoms. The molecule has 0 atom stereocenters. The standard InChI is InChI=1S/3C5H10O.H3O3P/c3*1-2-3-4-5-6;1-4(2)3/h3*2,6H,1,3-5H2;1-3H. The van der Waals surface area contributed by atoms with Crippen molar-refractivity contribution in [2.45, 2.75) is 38.5 Å². The number of allylic oxidation sites excluding steroid dienone is 3. The molecule has 0 aromatic rings. The zero-order chi connectivity index (χ0) is 18.1. The molecule has 0 fully saturated rings. The molecule has 0 amide bonds. The van der Waals surface area contributed by atoms with E-state index in [2.05, 4.69) is 19.7 Å². The van der Waals surface area contributed by atoms with Crippen molar-refractivity contribution in [2.24, 2.45) is 0 Å². The maximum Gasteiger partial charge on any atom is 0.324 e. The van der Waals surface area contributed by atoms with Gasteiger partial charge in [0.25, 0.3) is 0 Å². The molecule has 0 unspecified atom stereocenters. The molecule has 6 N–H and O–H groups in total. The molecule has 0 aliphatic carbocycles. The van der Waals surface area contributed by atoms with Gasteiger partial charge in [-0.15, -0.1) is 19.7 Å². The van der Waals surface area contributed by atoms with Crippen molar-refractivity contribution in [3.8, 4) is 0 Å². The average molecular weight is 340 g/mol. The van der Waals surface area contributed by atoms with Crippen molar-refractivity contribution in [1.29, 1.82) is 0 Å². The largest absolute Gasteiger partial charge is 0.396 e. The van der Waals surface area contributed by atoms with E-state index in [-0.39, 0.29) is 19.8 Å². The van der Waals surface area contributed by atoms with Gasteiger partial charge in [-0.2, -0.15) is 0 Å². The Labute approximate surface area is 135 Å². The first-order valence-corrected chi connectivity index (χ1v) is 8.20. The van der Waals surface area contributed by atoms with E-state index in [1.165, 1.54) is 0 Å². The third-order valence-electron chi connectivity index (χ3n) is 1.70. The summed E-state index contributed by atoms with van der Waals surface area (Å²) in [4.78, 5) is 21.7. The van der Waals surface area contributed by atoms with Gasteiger partial charge in [0.15, 0.2) is 0 Å². The van der Waals surface area contributed by atoms with Crippen molar-refractivity contribution < 1.29 is 30.0 Å². The van der Waals surface area contributed by atoms with E-state index in [1.807, 2.05) is 0 Å². The average Bonchev–Trinajstić information content (AvgIpc) is 2.49. The molecule has 0 saturated carbocycles. The first-order chi connectivity index (χ1) is 10.5. The minimum Gasteiger partial charge on any atom is -0.396 e. The van der Waals surface area contributed by atoms with Gasteiger partial charge in [0.2, 0.25) is 0 Å². The fraction of sp³-hybridized carbons (Fsp3) is 0.600. The number of hydrogen-bond acceptors (Lipinski definition) is 6. The van der Waals surface area contributed by atoms with E-state index in [0.717, 1.165) is 38.5 Å². The smallest absolute Gasteiger partial charge is 0.324 e. The van der Waals surface area contributed by atoms with Crippen LogP contribution in [-0.2, 0) is 0 Å². The molecule has 6 nitrogen and oxygen atoms in total. The van der Waals surface area contributed by atoms with Crippen LogP contribution in [0.25, 0.3) is 0 Å². The highest BCUT2D eigenvalue weighted by molar-refractivity contribution is 7.38. The second kappa shape index (κ2) is 37.0. The maximum atomic E-state index is 8.15. The molecule has 7 heteroatoms. The molecule has 134 valence electrons. The lowest BCUT2D eigenvalue weighted by molar-refractivity contribution is 0.289. The SMILES string of the molecule is C=CCCCO.C=CCCCO.C=CCCCO.OP(O)O. The Morgan fingerprint density at radius 2 is 0.773 bits per heavy atom. The van der Waals surface area contributed by atoms with Crippen LogP contribution in [0.4, 0.5) is 0 Å². The summed E-state index contributed by atoms with van der Waals surface area (Å²) >= 11 is 0. The Hall–Kier alpha value is -0.590. The predicted octanol–water partition coefficient (Wildman–Crippen LogP) is 2.02. The highest BCUT2D eigenvalue weighted by atomic mass is 31.2. The van der Waals surface area contributed by atoms with Gasteiger partial charge in [-0.3, -0.25) is 0 Å². The Balaban J connectivity index is -0.0000000994. The zero-order valence-corrected chi connectivity index (χ0v) is 14.2. The zero-order valence-electron chi connectivity index (χ0n) is 13.3. The quantitative estimate of drug-likeness (QED) is 0.217. The van der Waals surface area contributed by atoms with Crippen LogP contribution in [0.1, 0.15) is 38.5 Å². The second-order valence-corrected chi connectivity index (χ2v) is 4.27. The van der Waals surface area contributed by atoms with Gasteiger partial charge in [0.05, 0.1) is 0 Å². The number of unbranched alkanes of at least 4 members (excludes halogenated alkanes) is 3. The van der Waals surface area contributed by atoms with Gasteiger partial charge < -0.3 is 30.0 Å². The summed E-state index contributed by atoms with van der Waals surface area (Å²) in [6.07, 6.45) is 10.7. The van der Waals surface area contributed by atoms with Crippen molar-refractivity contribution >= 4 is 8.60 Å². The highest BCUT2D eigenvalue weighted by Crippen LogP contribution is 2.11. The molecule has 0 radical (unpaired) electrons. The van der Waals surface area contributed by atoms with Crippen LogP contribution >= 0.6 is 8.60 Å². The molecule has 22 heavy (non-hydrogen) atoms. The van der Waals surface area contributed by atoms with E-state index < -0.39 is 8.60 Å². The normalized spacial score (nSPS) is 8.32. The van der Waals surface area contributed by atoms with Crippen molar-refractivity contribution in [1.82, 2.24) is 0 Å². The molecule has 0 aromatic carbocycles. The summed E-state index contributed by atoms with van der Waals surface area (Å²) in [6, 6.07) is 0. The molecule has 0 saturated heterocycles. The van der Waals surface area contributed by atoms with E-state index in [4.69, 9.17) is 30.0 Å². The lowest BCUT2D eigenvalue weighted by Gasteiger charge is -1.81. The van der Waals surface area contributed by atoms with Crippen LogP contribution in [0.3, 0.4) is 0 Å². The Kier molecular flexibility index (Phi) is 49.5. The fourth-order valence-electron chi connectivity index (χ4n) is 0.707. The van der Waals surface area contributed by atoms with Gasteiger partial charge in [-0.1, -0.05) is 18.2 Å². The number of aliphatic hydroxyl groups is 3. The molecule has 0 aromatic heterocycles. The van der Waals surface area contributed by atoms with E-state index in [9.17, 15) is 0 Å². The predicted molar refractivity (Wildman–Crippen MR) is 93.1 cm³/mol. The van der Waals surface area contributed by atoms with Crippen molar-refractivity contribution in [2.75, 3.05) is 19.8 Å². The molecule has 0 heterocycles. The molecule has 0 bridgehead atoms. The van der Waals surface area contributed by atoms with Crippen LogP contribution in [0, 0.1) is 0 Å². The summed E-state index contributed by atoms with van der Waals surface area (Å²) < 4.78 is 0. The van der Waals surface area contributed by atoms with Crippen molar-refractivity contribution in [3.05, 3.63) is 38.0 Å². The minimum atomic E-state index is -2.62. The van der Waals surface area contributed by atoms with E-state index in [1.54, 1.807) is 18.2 Å². The Morgan fingerprint density at radius 3 is 0.818 bits per heavy atom. The Morgan fingerprint density at radius 1 is 0.591 bits per heavy atom. The maximum absolute atomic E-state index is 8.15. The summed E-state index contributed by atoms with van der Waals surface area (Å²) in [6.45, 7) is 11.3. The van der Waals surface area contributed by atoms with Gasteiger partial charge >= 0.3 is 8.60 Å². The topological polar surface area (TPSA) is 121 Å². The lowest BCUT2D eigenvalue weighted by atomic mass is 10.3. The van der Waals surface area contributed by atoms with Crippen LogP contribution in [-0.4, -0.2) is 49.8 Å². The molecular formula is C15H33O6P. The summed E-state index contributed by atoms with van der Waals surface area (Å²) in [5, 5.41) is 24.4. The summed E-state index contributed by atoms with van der Waals surface area (Å²) in [7, 11) is -2.62. The monoisotopic (exact) mass is 340 g/mol. The second-order valence-electron chi connectivity index (χ2n) is 3.73. The van der Waals surface area contributed by atoms with Crippen LogP contribution in [0.5, 0.6) is 0 Å². The molecule has 0 aliphatic heterocycles. The highest BCUT2D eigenvalue weighted by Gasteiger charge is 1.76. The van der Waals surface area contributed by atoms with Crippen LogP contribution in [0.15, 0.2) is 38.0 Å². The number of hydrogen-bond donors (Lipinski definition) is 6. The van der Waals surface area contributed by atoms with Crippen molar-refractivity contribution in [3.63, 3.8) is 0 Å². The summed E-state index contributed by atoms with van der Waals surface area (Å²) in [5.74, 6) is 0. The third-order valence-corrected chi connectivity index (χ3v) is 1.70. The lowest BCUT2D eigenvalue weighted by Crippen LogP contribution is -1.76. The number of aliphatic hydroxyl groups excluding tert-OH is 3. The number of rotatable bonds is 9. The van der Waals surface area contributed by atoms with E-state index >= 15 is 0 Å². The third kappa shape index (κ3) is 93.0. The Bertz CT molecular complexity index is 169. The van der Waals surface area contributed by atoms with Gasteiger partial charge in [0.1, 0.15) is 0 Å². The van der Waals surface area contributed by atoms with Crippen LogP contribution in [0.2, 0.25) is 0 Å². The summed E-state index contributed by atoms with van der Waals surface area (Å²) in [5.41, 5.74) is 0. The molecule has 0 rings (SSSR count). The fourth-order valence-corrected chi connectivity index (χ4v) is 0.707. The van der Waals surface area contributed by atoms with Gasteiger partial charge in [-0.05, 0) is 38.5 Å². The van der Waals surface area contributed by atoms with E-state index in [0.29, 0.717) is 0 Å². The van der Waals surface area contributed by atoms with Crippen LogP contribution < -0.4 is 0 Å². The first-order valence-electron chi connectivity index (χ1n) is 7.00. The first kappa shape index (κ1) is 29.4. The molecule has 0 aliphatic rings. The molecular weight excluding hydrogens is 307 g/mol. The van der Waals surface area contributed by atoms with Gasteiger partial charge in [0, 0.05) is 19.8 Å². The van der Waals surface area contributed by atoms with Gasteiger partial charge in [-0.25, -0.2) is 0 Å². The minimum absolute atomic E-state index is 0.284.